The molecule has 0 aromatic rings. The Labute approximate surface area is 68.9 Å². The molecule has 0 saturated carbocycles. The highest BCUT2D eigenvalue weighted by molar-refractivity contribution is 7.37. The molecular weight excluding hydrogens is 161 g/mol. The molecule has 2 atom stereocenters. The second-order valence-electron chi connectivity index (χ2n) is 2.90. The Balaban J connectivity index is 3.22. The smallest absolute Gasteiger partial charge is 0.330 e. The van der Waals surface area contributed by atoms with Gasteiger partial charge in [-0.1, -0.05) is 6.92 Å². The lowest BCUT2D eigenvalue weighted by atomic mass is 10.0. The lowest BCUT2D eigenvalue weighted by Gasteiger charge is -2.05. The summed E-state index contributed by atoms with van der Waals surface area (Å²) in [5, 5.41) is 0. The largest absolute Gasteiger partial charge is 0.505 e. The normalized spacial score (nSPS) is 14.6. The Kier molecular flexibility index (Phi) is 6.73. The topological polar surface area (TPSA) is 63.3 Å². The third kappa shape index (κ3) is 7.92. The molecule has 0 radical (unpaired) electrons. The van der Waals surface area contributed by atoms with Gasteiger partial charge in [-0.3, -0.25) is 0 Å². The van der Waals surface area contributed by atoms with Crippen LogP contribution >= 0.6 is 8.03 Å². The van der Waals surface area contributed by atoms with Gasteiger partial charge in [-0.05, 0) is 36.3 Å². The van der Waals surface area contributed by atoms with Gasteiger partial charge in [0.05, 0.1) is 0 Å². The van der Waals surface area contributed by atoms with Crippen molar-refractivity contribution in [1.82, 2.24) is 0 Å². The van der Waals surface area contributed by atoms with E-state index < -0.39 is 8.03 Å². The van der Waals surface area contributed by atoms with E-state index in [9.17, 15) is 4.57 Å². The van der Waals surface area contributed by atoms with Gasteiger partial charge in [0.15, 0.2) is 6.16 Å². The van der Waals surface area contributed by atoms with Crippen LogP contribution in [0, 0.1) is 5.92 Å². The lowest BCUT2D eigenvalue weighted by Crippen LogP contribution is -2.03. The van der Waals surface area contributed by atoms with Crippen molar-refractivity contribution < 1.29 is 9.46 Å². The maximum atomic E-state index is 10.3. The molecule has 0 spiro atoms. The number of nitrogens with two attached hydrogens (primary N) is 1. The van der Waals surface area contributed by atoms with Crippen molar-refractivity contribution in [1.29, 1.82) is 0 Å². The maximum Gasteiger partial charge on any atom is 0.505 e. The zero-order valence-electron chi connectivity index (χ0n) is 6.99. The fourth-order valence-electron chi connectivity index (χ4n) is 0.941. The molecule has 0 aromatic carbocycles. The zero-order valence-corrected chi connectivity index (χ0v) is 7.89. The fraction of sp³-hybridized carbons (Fsp3) is 1.00. The third-order valence-corrected chi connectivity index (χ3v) is 2.36. The molecule has 4 heteroatoms. The molecular formula is C7H17NO2P+. The van der Waals surface area contributed by atoms with E-state index in [2.05, 4.69) is 6.92 Å². The van der Waals surface area contributed by atoms with E-state index in [0.29, 0.717) is 12.1 Å². The summed E-state index contributed by atoms with van der Waals surface area (Å²) in [6.45, 7) is 2.81. The van der Waals surface area contributed by atoms with Gasteiger partial charge in [-0.25, -0.2) is 0 Å². The van der Waals surface area contributed by atoms with Crippen LogP contribution in [0.3, 0.4) is 0 Å². The van der Waals surface area contributed by atoms with E-state index in [4.69, 9.17) is 10.6 Å². The Morgan fingerprint density at radius 1 is 1.55 bits per heavy atom. The highest BCUT2D eigenvalue weighted by atomic mass is 31.1. The fourth-order valence-corrected chi connectivity index (χ4v) is 1.60. The van der Waals surface area contributed by atoms with Crippen LogP contribution < -0.4 is 5.73 Å². The molecule has 3 nitrogen and oxygen atoms in total. The summed E-state index contributed by atoms with van der Waals surface area (Å²) in [5.74, 6) is 0.532. The van der Waals surface area contributed by atoms with Crippen molar-refractivity contribution in [2.24, 2.45) is 11.7 Å². The van der Waals surface area contributed by atoms with Crippen molar-refractivity contribution in [3.63, 3.8) is 0 Å². The van der Waals surface area contributed by atoms with Gasteiger partial charge in [-0.15, -0.1) is 0 Å². The summed E-state index contributed by atoms with van der Waals surface area (Å²) in [7, 11) is -1.93. The van der Waals surface area contributed by atoms with Crippen LogP contribution in [-0.4, -0.2) is 17.6 Å². The molecule has 0 amide bonds. The van der Waals surface area contributed by atoms with Crippen LogP contribution in [-0.2, 0) is 4.57 Å². The van der Waals surface area contributed by atoms with Crippen LogP contribution in [0.1, 0.15) is 26.2 Å². The van der Waals surface area contributed by atoms with Crippen LogP contribution in [0.25, 0.3) is 0 Å². The van der Waals surface area contributed by atoms with Crippen LogP contribution in [0.2, 0.25) is 0 Å². The first kappa shape index (κ1) is 11.0. The summed E-state index contributed by atoms with van der Waals surface area (Å²) in [6, 6.07) is 0. The summed E-state index contributed by atoms with van der Waals surface area (Å²) in [4.78, 5) is 8.51. The van der Waals surface area contributed by atoms with Gasteiger partial charge >= 0.3 is 8.03 Å². The van der Waals surface area contributed by atoms with Crippen molar-refractivity contribution in [2.75, 3.05) is 12.7 Å². The van der Waals surface area contributed by atoms with Crippen molar-refractivity contribution in [2.45, 2.75) is 26.2 Å². The van der Waals surface area contributed by atoms with Gasteiger partial charge in [-0.2, -0.15) is 4.89 Å². The predicted molar refractivity (Wildman–Crippen MR) is 46.8 cm³/mol. The molecule has 0 rings (SSSR count). The van der Waals surface area contributed by atoms with Crippen molar-refractivity contribution in [3.8, 4) is 0 Å². The average Bonchev–Trinajstić information content (AvgIpc) is 1.97. The Morgan fingerprint density at radius 2 is 2.18 bits per heavy atom. The second-order valence-corrected chi connectivity index (χ2v) is 4.05. The van der Waals surface area contributed by atoms with Gasteiger partial charge < -0.3 is 5.73 Å². The molecule has 0 saturated heterocycles. The van der Waals surface area contributed by atoms with Crippen LogP contribution in [0.5, 0.6) is 0 Å². The summed E-state index contributed by atoms with van der Waals surface area (Å²) >= 11 is 0. The monoisotopic (exact) mass is 178 g/mol. The molecule has 0 heterocycles. The molecule has 11 heavy (non-hydrogen) atoms. The molecule has 0 aliphatic rings. The van der Waals surface area contributed by atoms with E-state index in [1.807, 2.05) is 0 Å². The SMILES string of the molecule is CC(CCCN)CC[P+](=O)O. The van der Waals surface area contributed by atoms with Gasteiger partial charge in [0, 0.05) is 0 Å². The molecule has 0 aromatic heterocycles. The Bertz CT molecular complexity index is 119. The van der Waals surface area contributed by atoms with Gasteiger partial charge in [0.25, 0.3) is 0 Å². The van der Waals surface area contributed by atoms with Crippen LogP contribution in [0.4, 0.5) is 0 Å². The van der Waals surface area contributed by atoms with Gasteiger partial charge in [0.2, 0.25) is 0 Å². The molecule has 66 valence electrons. The van der Waals surface area contributed by atoms with Crippen molar-refractivity contribution >= 4 is 8.03 Å². The molecule has 2 unspecified atom stereocenters. The highest BCUT2D eigenvalue weighted by Gasteiger charge is 2.12. The van der Waals surface area contributed by atoms with E-state index in [1.54, 1.807) is 0 Å². The summed E-state index contributed by atoms with van der Waals surface area (Å²) < 4.78 is 10.3. The van der Waals surface area contributed by atoms with E-state index in [1.165, 1.54) is 0 Å². The number of hydrogen-bond donors (Lipinski definition) is 2. The minimum atomic E-state index is -1.93. The minimum absolute atomic E-state index is 0.432. The summed E-state index contributed by atoms with van der Waals surface area (Å²) in [5.41, 5.74) is 5.33. The van der Waals surface area contributed by atoms with Gasteiger partial charge in [0.1, 0.15) is 0 Å². The second kappa shape index (κ2) is 6.71. The Hall–Kier alpha value is 0.0200. The number of hydrogen-bond acceptors (Lipinski definition) is 2. The first-order chi connectivity index (χ1) is 5.16. The molecule has 0 aliphatic carbocycles. The van der Waals surface area contributed by atoms with E-state index in [0.717, 1.165) is 25.8 Å². The molecule has 0 fully saturated rings. The third-order valence-electron chi connectivity index (χ3n) is 1.71. The zero-order chi connectivity index (χ0) is 8.69. The van der Waals surface area contributed by atoms with Crippen molar-refractivity contribution in [3.05, 3.63) is 0 Å². The first-order valence-corrected chi connectivity index (χ1v) is 5.40. The molecule has 0 aliphatic heterocycles. The average molecular weight is 178 g/mol. The molecule has 0 bridgehead atoms. The Morgan fingerprint density at radius 3 is 2.64 bits per heavy atom. The van der Waals surface area contributed by atoms with E-state index >= 15 is 0 Å². The lowest BCUT2D eigenvalue weighted by molar-refractivity contribution is 0.471. The quantitative estimate of drug-likeness (QED) is 0.605. The molecule has 3 N–H and O–H groups in total. The predicted octanol–water partition coefficient (Wildman–Crippen LogP) is 1.49. The standard InChI is InChI=1S/C7H16NO2P/c1-7(3-2-5-8)4-6-11(9)10/h7H,2-6,8H2,1H3/p+1. The number of rotatable bonds is 6. The minimum Gasteiger partial charge on any atom is -0.330 e. The van der Waals surface area contributed by atoms with E-state index in [-0.39, 0.29) is 0 Å². The maximum absolute atomic E-state index is 10.3. The highest BCUT2D eigenvalue weighted by Crippen LogP contribution is 2.19. The summed E-state index contributed by atoms with van der Waals surface area (Å²) in [6.07, 6.45) is 3.36. The van der Waals surface area contributed by atoms with Crippen LogP contribution in [0.15, 0.2) is 0 Å². The first-order valence-electron chi connectivity index (χ1n) is 4.00.